The largest absolute Gasteiger partial charge is 0.398 e. The first kappa shape index (κ1) is 15.8. The Kier molecular flexibility index (Phi) is 5.17. The first-order valence-electron chi connectivity index (χ1n) is 6.36. The number of likely N-dealkylation sites (N-methyl/N-ethyl adjacent to an activating group) is 1. The second-order valence-corrected chi connectivity index (χ2v) is 5.86. The summed E-state index contributed by atoms with van der Waals surface area (Å²) < 4.78 is 0. The van der Waals surface area contributed by atoms with Gasteiger partial charge in [0.15, 0.2) is 0 Å². The molecule has 0 spiro atoms. The number of nitrogens with two attached hydrogens (primary N) is 1. The maximum atomic E-state index is 11.9. The van der Waals surface area contributed by atoms with Crippen LogP contribution in [-0.4, -0.2) is 41.1 Å². The number of nitrogens with zero attached hydrogens (tertiary/aromatic N) is 2. The molecule has 1 heterocycles. The van der Waals surface area contributed by atoms with Gasteiger partial charge < -0.3 is 15.7 Å². The zero-order chi connectivity index (χ0) is 15.4. The number of rotatable bonds is 5. The minimum absolute atomic E-state index is 0.0470. The number of amides is 1. The van der Waals surface area contributed by atoms with Gasteiger partial charge in [0.2, 0.25) is 5.91 Å². The van der Waals surface area contributed by atoms with Crippen molar-refractivity contribution < 1.29 is 9.90 Å². The van der Waals surface area contributed by atoms with E-state index in [9.17, 15) is 4.79 Å². The fourth-order valence-electron chi connectivity index (χ4n) is 1.76. The van der Waals surface area contributed by atoms with E-state index in [1.54, 1.807) is 19.2 Å². The van der Waals surface area contributed by atoms with Gasteiger partial charge in [0.25, 0.3) is 0 Å². The van der Waals surface area contributed by atoms with Crippen LogP contribution in [-0.2, 0) is 11.2 Å². The molecule has 0 saturated carbocycles. The zero-order valence-electron chi connectivity index (χ0n) is 11.5. The van der Waals surface area contributed by atoms with Crippen molar-refractivity contribution in [2.24, 2.45) is 0 Å². The molecule has 1 aromatic carbocycles. The van der Waals surface area contributed by atoms with Crippen LogP contribution in [0.4, 0.5) is 5.69 Å². The number of benzene rings is 1. The van der Waals surface area contributed by atoms with Gasteiger partial charge in [-0.05, 0) is 12.1 Å². The summed E-state index contributed by atoms with van der Waals surface area (Å²) in [6.07, 6.45) is 0.218. The van der Waals surface area contributed by atoms with Gasteiger partial charge in [0.05, 0.1) is 29.4 Å². The molecule has 0 fully saturated rings. The lowest BCUT2D eigenvalue weighted by atomic mass is 10.2. The lowest BCUT2D eigenvalue weighted by Gasteiger charge is -2.14. The van der Waals surface area contributed by atoms with Crippen LogP contribution in [0.15, 0.2) is 23.6 Å². The molecule has 0 atom stereocenters. The highest BCUT2D eigenvalue weighted by Gasteiger charge is 2.12. The van der Waals surface area contributed by atoms with Crippen LogP contribution in [0.1, 0.15) is 5.69 Å². The number of carbonyl (C=O) groups is 1. The molecule has 2 rings (SSSR count). The zero-order valence-corrected chi connectivity index (χ0v) is 13.1. The van der Waals surface area contributed by atoms with Gasteiger partial charge in [0.1, 0.15) is 5.01 Å². The number of carbonyl (C=O) groups excluding carboxylic acids is 1. The second kappa shape index (κ2) is 6.89. The number of hydrogen-bond donors (Lipinski definition) is 2. The predicted molar refractivity (Wildman–Crippen MR) is 85.4 cm³/mol. The van der Waals surface area contributed by atoms with Crippen molar-refractivity contribution in [1.29, 1.82) is 0 Å². The number of halogens is 1. The van der Waals surface area contributed by atoms with E-state index in [1.165, 1.54) is 16.2 Å². The first-order valence-corrected chi connectivity index (χ1v) is 7.61. The van der Waals surface area contributed by atoms with Gasteiger partial charge in [-0.25, -0.2) is 4.98 Å². The van der Waals surface area contributed by atoms with E-state index in [1.807, 2.05) is 11.4 Å². The average Bonchev–Trinajstić information content (AvgIpc) is 2.90. The lowest BCUT2D eigenvalue weighted by Crippen LogP contribution is -2.30. The highest BCUT2D eigenvalue weighted by molar-refractivity contribution is 7.13. The van der Waals surface area contributed by atoms with Crippen molar-refractivity contribution in [1.82, 2.24) is 9.88 Å². The Morgan fingerprint density at radius 2 is 2.29 bits per heavy atom. The SMILES string of the molecule is CN(CCO)C(=O)Cc1csc(-c2ccc(Cl)c(N)c2)n1. The molecule has 7 heteroatoms. The van der Waals surface area contributed by atoms with Crippen LogP contribution in [0.5, 0.6) is 0 Å². The Morgan fingerprint density at radius 1 is 1.52 bits per heavy atom. The second-order valence-electron chi connectivity index (χ2n) is 4.60. The third-order valence-corrected chi connectivity index (χ3v) is 4.27. The maximum Gasteiger partial charge on any atom is 0.228 e. The molecule has 2 aromatic rings. The van der Waals surface area contributed by atoms with E-state index in [-0.39, 0.29) is 18.9 Å². The minimum Gasteiger partial charge on any atom is -0.398 e. The Labute approximate surface area is 132 Å². The molecule has 0 radical (unpaired) electrons. The molecule has 1 aromatic heterocycles. The number of aliphatic hydroxyl groups excluding tert-OH is 1. The summed E-state index contributed by atoms with van der Waals surface area (Å²) in [7, 11) is 1.66. The summed E-state index contributed by atoms with van der Waals surface area (Å²) >= 11 is 7.35. The number of anilines is 1. The molecule has 1 amide bonds. The molecule has 112 valence electrons. The summed E-state index contributed by atoms with van der Waals surface area (Å²) in [6, 6.07) is 5.35. The standard InChI is InChI=1S/C14H16ClN3O2S/c1-18(4-5-19)13(20)7-10-8-21-14(17-10)9-2-3-11(15)12(16)6-9/h2-3,6,8,19H,4-5,7,16H2,1H3. The van der Waals surface area contributed by atoms with E-state index in [4.69, 9.17) is 22.4 Å². The number of aliphatic hydroxyl groups is 1. The highest BCUT2D eigenvalue weighted by atomic mass is 35.5. The van der Waals surface area contributed by atoms with Gasteiger partial charge in [0, 0.05) is 24.5 Å². The van der Waals surface area contributed by atoms with E-state index in [0.717, 1.165) is 10.6 Å². The van der Waals surface area contributed by atoms with Gasteiger partial charge in [-0.2, -0.15) is 0 Å². The molecule has 5 nitrogen and oxygen atoms in total. The molecule has 0 aliphatic heterocycles. The van der Waals surface area contributed by atoms with Crippen LogP contribution in [0.3, 0.4) is 0 Å². The third-order valence-electron chi connectivity index (χ3n) is 2.99. The summed E-state index contributed by atoms with van der Waals surface area (Å²) in [5, 5.41) is 12.0. The number of aromatic nitrogens is 1. The maximum absolute atomic E-state index is 11.9. The van der Waals surface area contributed by atoms with Crippen LogP contribution in [0, 0.1) is 0 Å². The lowest BCUT2D eigenvalue weighted by molar-refractivity contribution is -0.129. The molecular weight excluding hydrogens is 310 g/mol. The number of hydrogen-bond acceptors (Lipinski definition) is 5. The Bertz CT molecular complexity index is 645. The van der Waals surface area contributed by atoms with Crippen molar-refractivity contribution >= 4 is 34.5 Å². The summed E-state index contributed by atoms with van der Waals surface area (Å²) in [4.78, 5) is 17.8. The Balaban J connectivity index is 2.11. The number of nitrogen functional groups attached to an aromatic ring is 1. The fraction of sp³-hybridized carbons (Fsp3) is 0.286. The van der Waals surface area contributed by atoms with E-state index in [2.05, 4.69) is 4.98 Å². The van der Waals surface area contributed by atoms with Crippen LogP contribution < -0.4 is 5.73 Å². The van der Waals surface area contributed by atoms with Gasteiger partial charge in [-0.15, -0.1) is 11.3 Å². The molecule has 0 unspecified atom stereocenters. The topological polar surface area (TPSA) is 79.5 Å². The van der Waals surface area contributed by atoms with Crippen molar-refractivity contribution in [2.45, 2.75) is 6.42 Å². The van der Waals surface area contributed by atoms with Crippen molar-refractivity contribution in [3.8, 4) is 10.6 Å². The van der Waals surface area contributed by atoms with E-state index in [0.29, 0.717) is 22.9 Å². The Hall–Kier alpha value is -1.63. The number of thiazole rings is 1. The summed E-state index contributed by atoms with van der Waals surface area (Å²) in [5.41, 5.74) is 7.87. The monoisotopic (exact) mass is 325 g/mol. The molecule has 0 bridgehead atoms. The fourth-order valence-corrected chi connectivity index (χ4v) is 2.70. The van der Waals surface area contributed by atoms with Crippen LogP contribution in [0.2, 0.25) is 5.02 Å². The highest BCUT2D eigenvalue weighted by Crippen LogP contribution is 2.29. The van der Waals surface area contributed by atoms with Gasteiger partial charge >= 0.3 is 0 Å². The van der Waals surface area contributed by atoms with Gasteiger partial charge in [-0.3, -0.25) is 4.79 Å². The van der Waals surface area contributed by atoms with Crippen molar-refractivity contribution in [3.63, 3.8) is 0 Å². The average molecular weight is 326 g/mol. The normalized spacial score (nSPS) is 10.6. The first-order chi connectivity index (χ1) is 10.0. The van der Waals surface area contributed by atoms with Crippen molar-refractivity contribution in [2.75, 3.05) is 25.9 Å². The van der Waals surface area contributed by atoms with E-state index >= 15 is 0 Å². The molecule has 3 N–H and O–H groups in total. The van der Waals surface area contributed by atoms with Crippen molar-refractivity contribution in [3.05, 3.63) is 34.3 Å². The van der Waals surface area contributed by atoms with Crippen LogP contribution in [0.25, 0.3) is 10.6 Å². The molecule has 0 aliphatic rings. The predicted octanol–water partition coefficient (Wildman–Crippen LogP) is 2.04. The summed E-state index contributed by atoms with van der Waals surface area (Å²) in [5.74, 6) is -0.0727. The van der Waals surface area contributed by atoms with E-state index < -0.39 is 0 Å². The smallest absolute Gasteiger partial charge is 0.228 e. The Morgan fingerprint density at radius 3 is 2.95 bits per heavy atom. The van der Waals surface area contributed by atoms with Gasteiger partial charge in [-0.1, -0.05) is 17.7 Å². The van der Waals surface area contributed by atoms with Crippen LogP contribution >= 0.6 is 22.9 Å². The quantitative estimate of drug-likeness (QED) is 0.824. The molecule has 0 aliphatic carbocycles. The third kappa shape index (κ3) is 3.93. The summed E-state index contributed by atoms with van der Waals surface area (Å²) in [6.45, 7) is 0.276. The minimum atomic E-state index is -0.0727. The molecule has 21 heavy (non-hydrogen) atoms. The molecule has 0 saturated heterocycles. The molecular formula is C14H16ClN3O2S.